The monoisotopic (exact) mass is 405 g/mol. The third kappa shape index (κ3) is 3.83. The van der Waals surface area contributed by atoms with Crippen molar-refractivity contribution in [1.82, 2.24) is 29.9 Å². The summed E-state index contributed by atoms with van der Waals surface area (Å²) in [5, 5.41) is 11.1. The lowest BCUT2D eigenvalue weighted by atomic mass is 10.0. The van der Waals surface area contributed by atoms with Crippen molar-refractivity contribution in [2.24, 2.45) is 0 Å². The van der Waals surface area contributed by atoms with Crippen molar-refractivity contribution in [3.63, 3.8) is 0 Å². The molecule has 4 aromatic rings. The van der Waals surface area contributed by atoms with Crippen molar-refractivity contribution < 1.29 is 4.79 Å². The van der Waals surface area contributed by atoms with Crippen LogP contribution in [0, 0.1) is 13.8 Å². The Morgan fingerprint density at radius 3 is 2.48 bits per heavy atom. The molecule has 144 valence electrons. The molecule has 4 aromatic heterocycles. The predicted molar refractivity (Wildman–Crippen MR) is 109 cm³/mol. The molecule has 0 aliphatic carbocycles. The number of halogens is 1. The molecule has 4 rings (SSSR count). The van der Waals surface area contributed by atoms with E-state index in [1.165, 1.54) is 23.4 Å². The van der Waals surface area contributed by atoms with Crippen molar-refractivity contribution in [3.8, 4) is 16.9 Å². The zero-order valence-corrected chi connectivity index (χ0v) is 16.4. The van der Waals surface area contributed by atoms with Crippen molar-refractivity contribution >= 4 is 23.2 Å². The molecular weight excluding hydrogens is 390 g/mol. The molecule has 0 fully saturated rings. The fraction of sp³-hybridized carbons (Fsp3) is 0.100. The Kier molecular flexibility index (Phi) is 5.01. The van der Waals surface area contributed by atoms with Gasteiger partial charge in [0.2, 0.25) is 0 Å². The topological polar surface area (TPSA) is 98.5 Å². The number of carbonyl (C=O) groups is 1. The summed E-state index contributed by atoms with van der Waals surface area (Å²) < 4.78 is 0. The van der Waals surface area contributed by atoms with E-state index in [9.17, 15) is 4.79 Å². The van der Waals surface area contributed by atoms with Gasteiger partial charge >= 0.3 is 0 Å². The smallest absolute Gasteiger partial charge is 0.274 e. The van der Waals surface area contributed by atoms with Crippen LogP contribution in [-0.2, 0) is 0 Å². The number of pyridine rings is 3. The fourth-order valence-electron chi connectivity index (χ4n) is 2.89. The van der Waals surface area contributed by atoms with Gasteiger partial charge in [-0.05, 0) is 43.2 Å². The first-order valence-electron chi connectivity index (χ1n) is 8.74. The fourth-order valence-corrected chi connectivity index (χ4v) is 3.13. The second kappa shape index (κ2) is 7.76. The Bertz CT molecular complexity index is 1190. The van der Waals surface area contributed by atoms with Gasteiger partial charge in [0, 0.05) is 29.7 Å². The number of nitrogens with one attached hydrogen (secondary N) is 1. The number of anilines is 1. The van der Waals surface area contributed by atoms with Crippen LogP contribution in [-0.4, -0.2) is 35.9 Å². The molecule has 0 spiro atoms. The third-order valence-corrected chi connectivity index (χ3v) is 4.61. The highest BCUT2D eigenvalue weighted by Crippen LogP contribution is 2.24. The quantitative estimate of drug-likeness (QED) is 0.556. The van der Waals surface area contributed by atoms with E-state index in [0.717, 1.165) is 22.3 Å². The second-order valence-corrected chi connectivity index (χ2v) is 6.79. The van der Waals surface area contributed by atoms with Crippen molar-refractivity contribution in [3.05, 3.63) is 77.2 Å². The number of rotatable bonds is 4. The van der Waals surface area contributed by atoms with Gasteiger partial charge in [0.05, 0.1) is 29.3 Å². The van der Waals surface area contributed by atoms with Crippen molar-refractivity contribution in [2.45, 2.75) is 13.8 Å². The summed E-state index contributed by atoms with van der Waals surface area (Å²) in [7, 11) is 0. The van der Waals surface area contributed by atoms with Crippen LogP contribution in [0.25, 0.3) is 16.9 Å². The summed E-state index contributed by atoms with van der Waals surface area (Å²) in [6, 6.07) is 5.45. The molecule has 0 unspecified atom stereocenters. The number of amides is 1. The van der Waals surface area contributed by atoms with Crippen molar-refractivity contribution in [1.29, 1.82) is 0 Å². The maximum absolute atomic E-state index is 12.7. The zero-order chi connectivity index (χ0) is 20.4. The summed E-state index contributed by atoms with van der Waals surface area (Å²) in [6.45, 7) is 3.85. The minimum atomic E-state index is -0.347. The molecule has 0 aliphatic rings. The van der Waals surface area contributed by atoms with Gasteiger partial charge in [-0.2, -0.15) is 10.2 Å². The molecule has 0 atom stereocenters. The van der Waals surface area contributed by atoms with Crippen LogP contribution in [0.3, 0.4) is 0 Å². The van der Waals surface area contributed by atoms with E-state index in [2.05, 4.69) is 30.5 Å². The van der Waals surface area contributed by atoms with Crippen LogP contribution < -0.4 is 5.32 Å². The molecule has 8 nitrogen and oxygen atoms in total. The summed E-state index contributed by atoms with van der Waals surface area (Å²) in [4.78, 5) is 26.7. The molecule has 0 bridgehead atoms. The van der Waals surface area contributed by atoms with Gasteiger partial charge in [0.1, 0.15) is 5.69 Å². The van der Waals surface area contributed by atoms with Crippen LogP contribution in [0.2, 0.25) is 5.02 Å². The highest BCUT2D eigenvalue weighted by Gasteiger charge is 2.15. The SMILES string of the molecule is Cc1ccncc1-c1cnc(C(=O)Nc2cnc(-n3nccn3)c(Cl)c2)c(C)c1. The van der Waals surface area contributed by atoms with Gasteiger partial charge in [-0.1, -0.05) is 11.6 Å². The molecule has 1 N–H and O–H groups in total. The van der Waals surface area contributed by atoms with E-state index in [0.29, 0.717) is 22.2 Å². The van der Waals surface area contributed by atoms with E-state index >= 15 is 0 Å². The Labute approximate surface area is 171 Å². The van der Waals surface area contributed by atoms with Gasteiger partial charge < -0.3 is 5.32 Å². The number of aryl methyl sites for hydroxylation is 2. The molecular formula is C20H16ClN7O. The standard InChI is InChI=1S/C20H16ClN7O/c1-12-3-4-22-11-16(12)14-7-13(2)18(23-9-14)20(29)27-15-8-17(21)19(24-10-15)28-25-5-6-26-28/h3-11H,1-2H3,(H,27,29). The van der Waals surface area contributed by atoms with Crippen LogP contribution in [0.15, 0.2) is 55.4 Å². The predicted octanol–water partition coefficient (Wildman–Crippen LogP) is 3.64. The van der Waals surface area contributed by atoms with E-state index in [1.54, 1.807) is 24.7 Å². The largest absolute Gasteiger partial charge is 0.319 e. The van der Waals surface area contributed by atoms with Gasteiger partial charge in [-0.25, -0.2) is 4.98 Å². The van der Waals surface area contributed by atoms with E-state index in [4.69, 9.17) is 11.6 Å². The lowest BCUT2D eigenvalue weighted by Crippen LogP contribution is -2.16. The molecule has 0 aliphatic heterocycles. The first kappa shape index (κ1) is 18.7. The number of aromatic nitrogens is 6. The molecule has 0 aromatic carbocycles. The zero-order valence-electron chi connectivity index (χ0n) is 15.7. The molecule has 0 saturated heterocycles. The Morgan fingerprint density at radius 2 is 1.79 bits per heavy atom. The molecule has 0 radical (unpaired) electrons. The lowest BCUT2D eigenvalue weighted by Gasteiger charge is -2.10. The molecule has 29 heavy (non-hydrogen) atoms. The highest BCUT2D eigenvalue weighted by molar-refractivity contribution is 6.32. The molecule has 0 saturated carbocycles. The summed E-state index contributed by atoms with van der Waals surface area (Å²) in [5.74, 6) is 0.0277. The summed E-state index contributed by atoms with van der Waals surface area (Å²) in [6.07, 6.45) is 9.75. The number of nitrogens with zero attached hydrogens (tertiary/aromatic N) is 6. The first-order chi connectivity index (χ1) is 14.0. The van der Waals surface area contributed by atoms with Gasteiger partial charge in [0.15, 0.2) is 5.82 Å². The number of carbonyl (C=O) groups excluding carboxylic acids is 1. The van der Waals surface area contributed by atoms with Crippen LogP contribution in [0.5, 0.6) is 0 Å². The summed E-state index contributed by atoms with van der Waals surface area (Å²) >= 11 is 6.25. The number of hydrogen-bond donors (Lipinski definition) is 1. The average molecular weight is 406 g/mol. The molecule has 9 heteroatoms. The lowest BCUT2D eigenvalue weighted by molar-refractivity contribution is 0.102. The second-order valence-electron chi connectivity index (χ2n) is 6.38. The normalized spacial score (nSPS) is 10.7. The summed E-state index contributed by atoms with van der Waals surface area (Å²) in [5.41, 5.74) is 4.50. The van der Waals surface area contributed by atoms with Crippen LogP contribution >= 0.6 is 11.6 Å². The van der Waals surface area contributed by atoms with Crippen molar-refractivity contribution in [2.75, 3.05) is 5.32 Å². The van der Waals surface area contributed by atoms with Gasteiger partial charge in [-0.15, -0.1) is 4.80 Å². The third-order valence-electron chi connectivity index (χ3n) is 4.33. The van der Waals surface area contributed by atoms with Crippen LogP contribution in [0.4, 0.5) is 5.69 Å². The van der Waals surface area contributed by atoms with Gasteiger partial charge in [-0.3, -0.25) is 14.8 Å². The minimum Gasteiger partial charge on any atom is -0.319 e. The Morgan fingerprint density at radius 1 is 1.00 bits per heavy atom. The minimum absolute atomic E-state index is 0.311. The van der Waals surface area contributed by atoms with E-state index in [-0.39, 0.29) is 5.91 Å². The van der Waals surface area contributed by atoms with E-state index < -0.39 is 0 Å². The van der Waals surface area contributed by atoms with Gasteiger partial charge in [0.25, 0.3) is 5.91 Å². The highest BCUT2D eigenvalue weighted by atomic mass is 35.5. The Balaban J connectivity index is 1.56. The average Bonchev–Trinajstić information content (AvgIpc) is 3.23. The maximum atomic E-state index is 12.7. The molecule has 1 amide bonds. The van der Waals surface area contributed by atoms with E-state index in [1.807, 2.05) is 26.0 Å². The first-order valence-corrected chi connectivity index (χ1v) is 9.12. The van der Waals surface area contributed by atoms with Crippen LogP contribution in [0.1, 0.15) is 21.6 Å². The number of hydrogen-bond acceptors (Lipinski definition) is 6. The molecule has 4 heterocycles. The Hall–Kier alpha value is -3.65. The maximum Gasteiger partial charge on any atom is 0.274 e.